The van der Waals surface area contributed by atoms with Crippen molar-refractivity contribution < 1.29 is 24.8 Å². The van der Waals surface area contributed by atoms with Gasteiger partial charge in [-0.3, -0.25) is 0 Å². The van der Waals surface area contributed by atoms with Crippen molar-refractivity contribution in [2.24, 2.45) is 0 Å². The van der Waals surface area contributed by atoms with E-state index in [9.17, 15) is 0 Å². The minimum absolute atomic E-state index is 1.09. The Kier molecular flexibility index (Phi) is 7.62. The molecule has 0 aromatic carbocycles. The van der Waals surface area contributed by atoms with E-state index in [1.807, 2.05) is 6.20 Å². The lowest BCUT2D eigenvalue weighted by atomic mass is 10.2. The van der Waals surface area contributed by atoms with Crippen LogP contribution in [0, 0.1) is 10.8 Å². The quantitative estimate of drug-likeness (QED) is 0.654. The highest BCUT2D eigenvalue weighted by atomic mass is 35.6. The first-order valence-electron chi connectivity index (χ1n) is 3.89. The van der Waals surface area contributed by atoms with Crippen LogP contribution in [0.25, 0.3) is 0 Å². The lowest BCUT2D eigenvalue weighted by Crippen LogP contribution is -2.30. The maximum absolute atomic E-state index is 8.52. The molecule has 6 heteroatoms. The fourth-order valence-corrected chi connectivity index (χ4v) is 0.779. The molecule has 1 aromatic rings. The molecule has 0 fully saturated rings. The van der Waals surface area contributed by atoms with Gasteiger partial charge >= 0.3 is 0 Å². The monoisotopic (exact) mass is 208 g/mol. The summed E-state index contributed by atoms with van der Waals surface area (Å²) >= 11 is 0. The molecule has 0 unspecified atom stereocenters. The van der Waals surface area contributed by atoms with Crippen LogP contribution in [0.1, 0.15) is 25.6 Å². The number of imidazole rings is 1. The van der Waals surface area contributed by atoms with Crippen molar-refractivity contribution in [3.05, 3.63) is 18.2 Å². The molecular weight excluding hydrogens is 196 g/mol. The average Bonchev–Trinajstić information content (AvgIpc) is 2.51. The maximum atomic E-state index is 8.52. The molecular formula is C7H13ClN2O3. The molecule has 76 valence electrons. The number of aromatic nitrogens is 2. The zero-order chi connectivity index (χ0) is 10.1. The first-order valence-corrected chi connectivity index (χ1v) is 4.85. The van der Waals surface area contributed by atoms with Crippen molar-refractivity contribution in [3.63, 3.8) is 0 Å². The third-order valence-corrected chi connectivity index (χ3v) is 1.32. The average molecular weight is 209 g/mol. The van der Waals surface area contributed by atoms with E-state index in [1.54, 1.807) is 6.20 Å². The van der Waals surface area contributed by atoms with Crippen molar-refractivity contribution in [3.8, 4) is 0 Å². The second-order valence-electron chi connectivity index (χ2n) is 2.34. The van der Waals surface area contributed by atoms with E-state index in [2.05, 4.69) is 16.9 Å². The SMILES string of the molecule is CCCCc1ncc[nH]1.[O-][Cl+2]([O-])O. The Bertz CT molecular complexity index is 189. The highest BCUT2D eigenvalue weighted by Gasteiger charge is 1.90. The van der Waals surface area contributed by atoms with E-state index in [4.69, 9.17) is 14.0 Å². The third-order valence-electron chi connectivity index (χ3n) is 1.32. The molecule has 0 radical (unpaired) electrons. The largest absolute Gasteiger partial charge is 0.349 e. The van der Waals surface area contributed by atoms with Crippen LogP contribution in [-0.4, -0.2) is 14.6 Å². The van der Waals surface area contributed by atoms with Crippen molar-refractivity contribution in [2.75, 3.05) is 0 Å². The molecule has 0 atom stereocenters. The van der Waals surface area contributed by atoms with E-state index in [0.29, 0.717) is 0 Å². The molecule has 5 nitrogen and oxygen atoms in total. The van der Waals surface area contributed by atoms with Crippen LogP contribution in [0.4, 0.5) is 0 Å². The number of nitrogens with one attached hydrogen (secondary N) is 1. The van der Waals surface area contributed by atoms with E-state index in [1.165, 1.54) is 12.8 Å². The number of rotatable bonds is 3. The number of aryl methyl sites for hydroxylation is 1. The number of hydrogen-bond donors (Lipinski definition) is 2. The molecule has 0 spiro atoms. The molecule has 13 heavy (non-hydrogen) atoms. The first kappa shape index (κ1) is 12.4. The Hall–Kier alpha value is -0.620. The summed E-state index contributed by atoms with van der Waals surface area (Å²) in [5.74, 6) is 1.11. The van der Waals surface area contributed by atoms with E-state index in [0.717, 1.165) is 12.2 Å². The minimum atomic E-state index is -2.60. The molecule has 1 heterocycles. The molecule has 0 aliphatic rings. The van der Waals surface area contributed by atoms with Crippen molar-refractivity contribution >= 4 is 0 Å². The van der Waals surface area contributed by atoms with E-state index >= 15 is 0 Å². The summed E-state index contributed by atoms with van der Waals surface area (Å²) < 4.78 is 24.0. The highest BCUT2D eigenvalue weighted by molar-refractivity contribution is 4.86. The van der Waals surface area contributed by atoms with Crippen LogP contribution in [0.15, 0.2) is 12.4 Å². The predicted molar refractivity (Wildman–Crippen MR) is 39.4 cm³/mol. The maximum Gasteiger partial charge on any atom is 0.282 e. The smallest absolute Gasteiger partial charge is 0.282 e. The van der Waals surface area contributed by atoms with Gasteiger partial charge in [-0.05, 0) is 6.42 Å². The molecule has 0 bridgehead atoms. The predicted octanol–water partition coefficient (Wildman–Crippen LogP) is -1.18. The summed E-state index contributed by atoms with van der Waals surface area (Å²) in [6.07, 6.45) is 7.22. The van der Waals surface area contributed by atoms with Gasteiger partial charge in [-0.2, -0.15) is 0 Å². The van der Waals surface area contributed by atoms with E-state index in [-0.39, 0.29) is 0 Å². The van der Waals surface area contributed by atoms with Crippen LogP contribution in [0.2, 0.25) is 0 Å². The van der Waals surface area contributed by atoms with Crippen molar-refractivity contribution in [2.45, 2.75) is 26.2 Å². The molecule has 0 aliphatic carbocycles. The van der Waals surface area contributed by atoms with Gasteiger partial charge in [0.1, 0.15) is 5.82 Å². The molecule has 0 saturated carbocycles. The first-order chi connectivity index (χ1) is 6.16. The summed E-state index contributed by atoms with van der Waals surface area (Å²) in [5.41, 5.74) is 0. The van der Waals surface area contributed by atoms with Gasteiger partial charge in [0.05, 0.1) is 0 Å². The zero-order valence-corrected chi connectivity index (χ0v) is 8.12. The van der Waals surface area contributed by atoms with Gasteiger partial charge in [-0.25, -0.2) is 4.98 Å². The number of H-pyrrole nitrogens is 1. The molecule has 0 saturated heterocycles. The second-order valence-corrected chi connectivity index (χ2v) is 2.74. The minimum Gasteiger partial charge on any atom is -0.349 e. The lowest BCUT2D eigenvalue weighted by Gasteiger charge is -1.90. The number of aromatic amines is 1. The number of nitrogens with zero attached hydrogens (tertiary/aromatic N) is 1. The van der Waals surface area contributed by atoms with Crippen molar-refractivity contribution in [1.82, 2.24) is 9.97 Å². The summed E-state index contributed by atoms with van der Waals surface area (Å²) in [6.45, 7) is 2.18. The fraction of sp³-hybridized carbons (Fsp3) is 0.571. The van der Waals surface area contributed by atoms with Crippen LogP contribution < -0.4 is 9.32 Å². The lowest BCUT2D eigenvalue weighted by molar-refractivity contribution is -1.63. The Morgan fingerprint density at radius 2 is 2.23 bits per heavy atom. The molecule has 0 aliphatic heterocycles. The van der Waals surface area contributed by atoms with Gasteiger partial charge in [0.25, 0.3) is 10.8 Å². The van der Waals surface area contributed by atoms with Gasteiger partial charge in [-0.1, -0.05) is 13.3 Å². The molecule has 1 rings (SSSR count). The third kappa shape index (κ3) is 9.29. The van der Waals surface area contributed by atoms with E-state index < -0.39 is 10.8 Å². The Labute approximate surface area is 79.8 Å². The number of halogens is 1. The zero-order valence-electron chi connectivity index (χ0n) is 7.36. The van der Waals surface area contributed by atoms with Gasteiger partial charge in [0, 0.05) is 23.5 Å². The standard InChI is InChI=1S/C7H12N2.ClHO3/c1-2-3-4-7-8-5-6-9-7;2-1(3)4/h5-6H,2-4H2,1H3,(H,8,9);2H. The number of unbranched alkanes of at least 4 members (excludes halogenated alkanes) is 1. The van der Waals surface area contributed by atoms with Crippen molar-refractivity contribution in [1.29, 1.82) is 0 Å². The van der Waals surface area contributed by atoms with Crippen LogP contribution in [0.3, 0.4) is 0 Å². The topological polar surface area (TPSA) is 95.0 Å². The summed E-state index contributed by atoms with van der Waals surface area (Å²) in [7, 11) is -2.60. The highest BCUT2D eigenvalue weighted by Crippen LogP contribution is 1.96. The Balaban J connectivity index is 0.000000310. The summed E-state index contributed by atoms with van der Waals surface area (Å²) in [6, 6.07) is 0. The van der Waals surface area contributed by atoms with Crippen LogP contribution in [0.5, 0.6) is 0 Å². The second kappa shape index (κ2) is 8.00. The number of hydrogen-bond acceptors (Lipinski definition) is 4. The van der Waals surface area contributed by atoms with Crippen LogP contribution in [-0.2, 0) is 6.42 Å². The van der Waals surface area contributed by atoms with Gasteiger partial charge < -0.3 is 14.3 Å². The van der Waals surface area contributed by atoms with Gasteiger partial charge in [0.2, 0.25) is 0 Å². The van der Waals surface area contributed by atoms with Gasteiger partial charge in [0.15, 0.2) is 0 Å². The summed E-state index contributed by atoms with van der Waals surface area (Å²) in [5, 5.41) is 0. The fourth-order valence-electron chi connectivity index (χ4n) is 0.779. The van der Waals surface area contributed by atoms with Gasteiger partial charge in [-0.15, -0.1) is 0 Å². The Morgan fingerprint density at radius 1 is 1.62 bits per heavy atom. The molecule has 1 aromatic heterocycles. The Morgan fingerprint density at radius 3 is 2.62 bits per heavy atom. The normalized spacial score (nSPS) is 9.62. The summed E-state index contributed by atoms with van der Waals surface area (Å²) in [4.78, 5) is 7.16. The molecule has 0 amide bonds. The molecule has 2 N–H and O–H groups in total. The van der Waals surface area contributed by atoms with Crippen LogP contribution >= 0.6 is 0 Å².